The summed E-state index contributed by atoms with van der Waals surface area (Å²) in [6.45, 7) is 10.3. The molecule has 2 N–H and O–H groups in total. The number of aromatic nitrogens is 2. The lowest BCUT2D eigenvalue weighted by molar-refractivity contribution is 0.0446. The highest BCUT2D eigenvalue weighted by molar-refractivity contribution is 5.59. The van der Waals surface area contributed by atoms with Gasteiger partial charge in [-0.25, -0.2) is 9.97 Å². The standard InChI is InChI=1S/C14H24N4O/c1-5-15-12-10(2)13(17-11(3)16-12)18-8-6-7-14(4,19)9-18/h19H,5-9H2,1-4H3,(H,15,16,17). The quantitative estimate of drug-likeness (QED) is 0.873. The summed E-state index contributed by atoms with van der Waals surface area (Å²) in [5.41, 5.74) is 0.437. The Bertz CT molecular complexity index is 459. The molecule has 0 aliphatic carbocycles. The molecule has 5 nitrogen and oxygen atoms in total. The van der Waals surface area contributed by atoms with E-state index in [0.29, 0.717) is 6.54 Å². The van der Waals surface area contributed by atoms with Gasteiger partial charge in [-0.2, -0.15) is 0 Å². The van der Waals surface area contributed by atoms with Gasteiger partial charge in [0.05, 0.1) is 5.60 Å². The zero-order chi connectivity index (χ0) is 14.0. The highest BCUT2D eigenvalue weighted by Crippen LogP contribution is 2.29. The van der Waals surface area contributed by atoms with Gasteiger partial charge in [-0.3, -0.25) is 0 Å². The first-order chi connectivity index (χ1) is 8.93. The molecule has 106 valence electrons. The van der Waals surface area contributed by atoms with Gasteiger partial charge in [-0.15, -0.1) is 0 Å². The lowest BCUT2D eigenvalue weighted by Crippen LogP contribution is -2.46. The molecule has 1 saturated heterocycles. The Morgan fingerprint density at radius 3 is 2.74 bits per heavy atom. The number of nitrogens with one attached hydrogen (secondary N) is 1. The van der Waals surface area contributed by atoms with Crippen LogP contribution >= 0.6 is 0 Å². The molecule has 5 heteroatoms. The summed E-state index contributed by atoms with van der Waals surface area (Å²) >= 11 is 0. The Kier molecular flexibility index (Phi) is 3.94. The number of rotatable bonds is 3. The molecule has 1 aliphatic rings. The van der Waals surface area contributed by atoms with E-state index >= 15 is 0 Å². The largest absolute Gasteiger partial charge is 0.388 e. The van der Waals surface area contributed by atoms with Crippen molar-refractivity contribution in [3.63, 3.8) is 0 Å². The Morgan fingerprint density at radius 1 is 1.37 bits per heavy atom. The lowest BCUT2D eigenvalue weighted by atomic mass is 9.95. The Balaban J connectivity index is 2.33. The van der Waals surface area contributed by atoms with Gasteiger partial charge >= 0.3 is 0 Å². The van der Waals surface area contributed by atoms with Crippen molar-refractivity contribution >= 4 is 11.6 Å². The summed E-state index contributed by atoms with van der Waals surface area (Å²) < 4.78 is 0. The molecule has 2 rings (SSSR count). The van der Waals surface area contributed by atoms with Crippen LogP contribution in [0.25, 0.3) is 0 Å². The van der Waals surface area contributed by atoms with E-state index < -0.39 is 5.60 Å². The fraction of sp³-hybridized carbons (Fsp3) is 0.714. The molecule has 0 aromatic carbocycles. The molecule has 0 radical (unpaired) electrons. The van der Waals surface area contributed by atoms with E-state index in [0.717, 1.165) is 49.0 Å². The summed E-state index contributed by atoms with van der Waals surface area (Å²) in [5, 5.41) is 13.5. The van der Waals surface area contributed by atoms with Crippen LogP contribution in [-0.2, 0) is 0 Å². The highest BCUT2D eigenvalue weighted by atomic mass is 16.3. The number of nitrogens with zero attached hydrogens (tertiary/aromatic N) is 3. The molecule has 1 fully saturated rings. The van der Waals surface area contributed by atoms with Crippen LogP contribution in [0.2, 0.25) is 0 Å². The predicted octanol–water partition coefficient (Wildman–Crippen LogP) is 1.88. The number of hydrogen-bond acceptors (Lipinski definition) is 5. The van der Waals surface area contributed by atoms with E-state index in [9.17, 15) is 5.11 Å². The molecular formula is C14H24N4O. The van der Waals surface area contributed by atoms with Gasteiger partial charge in [0.15, 0.2) is 0 Å². The van der Waals surface area contributed by atoms with E-state index in [1.165, 1.54) is 0 Å². The molecular weight excluding hydrogens is 240 g/mol. The average molecular weight is 264 g/mol. The van der Waals surface area contributed by atoms with Crippen molar-refractivity contribution in [2.75, 3.05) is 29.9 Å². The first-order valence-electron chi connectivity index (χ1n) is 6.99. The van der Waals surface area contributed by atoms with Crippen molar-refractivity contribution < 1.29 is 5.11 Å². The Labute approximate surface area is 115 Å². The zero-order valence-electron chi connectivity index (χ0n) is 12.3. The molecule has 1 aromatic rings. The maximum atomic E-state index is 10.2. The van der Waals surface area contributed by atoms with Crippen LogP contribution in [0.4, 0.5) is 11.6 Å². The molecule has 19 heavy (non-hydrogen) atoms. The molecule has 1 aliphatic heterocycles. The molecule has 1 atom stereocenters. The van der Waals surface area contributed by atoms with E-state index in [1.54, 1.807) is 0 Å². The van der Waals surface area contributed by atoms with Gasteiger partial charge in [-0.05, 0) is 40.5 Å². The second-order valence-corrected chi connectivity index (χ2v) is 5.62. The van der Waals surface area contributed by atoms with E-state index in [-0.39, 0.29) is 0 Å². The smallest absolute Gasteiger partial charge is 0.137 e. The van der Waals surface area contributed by atoms with Crippen LogP contribution in [0.15, 0.2) is 0 Å². The second kappa shape index (κ2) is 5.33. The van der Waals surface area contributed by atoms with Gasteiger partial charge in [0, 0.05) is 25.2 Å². The van der Waals surface area contributed by atoms with Crippen molar-refractivity contribution in [3.05, 3.63) is 11.4 Å². The van der Waals surface area contributed by atoms with Gasteiger partial charge in [0.25, 0.3) is 0 Å². The third-order valence-electron chi connectivity index (χ3n) is 3.55. The van der Waals surface area contributed by atoms with Crippen LogP contribution < -0.4 is 10.2 Å². The fourth-order valence-corrected chi connectivity index (χ4v) is 2.66. The zero-order valence-corrected chi connectivity index (χ0v) is 12.3. The van der Waals surface area contributed by atoms with Gasteiger partial charge in [-0.1, -0.05) is 0 Å². The first-order valence-corrected chi connectivity index (χ1v) is 6.99. The first kappa shape index (κ1) is 14.1. The van der Waals surface area contributed by atoms with Crippen molar-refractivity contribution in [3.8, 4) is 0 Å². The lowest BCUT2D eigenvalue weighted by Gasteiger charge is -2.38. The molecule has 1 unspecified atom stereocenters. The van der Waals surface area contributed by atoms with Crippen LogP contribution in [0.3, 0.4) is 0 Å². The van der Waals surface area contributed by atoms with Crippen LogP contribution in [0.1, 0.15) is 38.1 Å². The number of hydrogen-bond donors (Lipinski definition) is 2. The highest BCUT2D eigenvalue weighted by Gasteiger charge is 2.30. The molecule has 1 aromatic heterocycles. The number of aliphatic hydroxyl groups is 1. The normalized spacial score (nSPS) is 23.5. The molecule has 2 heterocycles. The summed E-state index contributed by atoms with van der Waals surface area (Å²) in [4.78, 5) is 11.2. The molecule has 0 bridgehead atoms. The average Bonchev–Trinajstić information content (AvgIpc) is 2.32. The summed E-state index contributed by atoms with van der Waals surface area (Å²) in [6.07, 6.45) is 1.85. The molecule has 0 saturated carbocycles. The number of anilines is 2. The number of aryl methyl sites for hydroxylation is 1. The van der Waals surface area contributed by atoms with Crippen molar-refractivity contribution in [1.29, 1.82) is 0 Å². The maximum absolute atomic E-state index is 10.2. The van der Waals surface area contributed by atoms with Crippen LogP contribution in [0.5, 0.6) is 0 Å². The summed E-state index contributed by atoms with van der Waals surface area (Å²) in [7, 11) is 0. The van der Waals surface area contributed by atoms with Crippen molar-refractivity contribution in [2.24, 2.45) is 0 Å². The third-order valence-corrected chi connectivity index (χ3v) is 3.55. The minimum absolute atomic E-state index is 0.623. The van der Waals surface area contributed by atoms with Crippen LogP contribution in [0, 0.1) is 13.8 Å². The molecule has 0 spiro atoms. The van der Waals surface area contributed by atoms with E-state index in [1.807, 2.05) is 20.8 Å². The summed E-state index contributed by atoms with van der Waals surface area (Å²) in [6, 6.07) is 0. The SMILES string of the molecule is CCNc1nc(C)nc(N2CCCC(C)(O)C2)c1C. The van der Waals surface area contributed by atoms with E-state index in [4.69, 9.17) is 0 Å². The van der Waals surface area contributed by atoms with Crippen LogP contribution in [-0.4, -0.2) is 40.3 Å². The maximum Gasteiger partial charge on any atom is 0.137 e. The topological polar surface area (TPSA) is 61.3 Å². The number of piperidine rings is 1. The van der Waals surface area contributed by atoms with Gasteiger partial charge in [0.2, 0.25) is 0 Å². The molecule has 0 amide bonds. The third kappa shape index (κ3) is 3.15. The Hall–Kier alpha value is -1.36. The monoisotopic (exact) mass is 264 g/mol. The second-order valence-electron chi connectivity index (χ2n) is 5.62. The van der Waals surface area contributed by atoms with Gasteiger partial charge < -0.3 is 15.3 Å². The van der Waals surface area contributed by atoms with Gasteiger partial charge in [0.1, 0.15) is 17.5 Å². The Morgan fingerprint density at radius 2 is 2.11 bits per heavy atom. The fourth-order valence-electron chi connectivity index (χ4n) is 2.66. The summed E-state index contributed by atoms with van der Waals surface area (Å²) in [5.74, 6) is 2.61. The minimum atomic E-state index is -0.623. The minimum Gasteiger partial charge on any atom is -0.388 e. The van der Waals surface area contributed by atoms with Crippen molar-refractivity contribution in [2.45, 2.75) is 46.1 Å². The van der Waals surface area contributed by atoms with Crippen molar-refractivity contribution in [1.82, 2.24) is 9.97 Å². The van der Waals surface area contributed by atoms with E-state index in [2.05, 4.69) is 27.1 Å². The predicted molar refractivity (Wildman–Crippen MR) is 77.7 cm³/mol. The number of β-amino-alcohol motifs (C(OH)–C–C–N with tert-alkyl or cyclic N) is 1.